The summed E-state index contributed by atoms with van der Waals surface area (Å²) in [6, 6.07) is 0.644. The number of guanidine groups is 1. The summed E-state index contributed by atoms with van der Waals surface area (Å²) in [5.41, 5.74) is 0. The van der Waals surface area contributed by atoms with Crippen LogP contribution < -0.4 is 16.0 Å². The number of hydrogen-bond acceptors (Lipinski definition) is 4. The fourth-order valence-electron chi connectivity index (χ4n) is 3.45. The summed E-state index contributed by atoms with van der Waals surface area (Å²) >= 11 is 0. The highest BCUT2D eigenvalue weighted by Crippen LogP contribution is 2.19. The molecule has 1 heterocycles. The minimum atomic E-state index is 0. The van der Waals surface area contributed by atoms with Crippen LogP contribution in [-0.4, -0.2) is 75.3 Å². The molecule has 0 saturated carbocycles. The molecule has 0 spiro atoms. The maximum Gasteiger partial charge on any atom is 0.221 e. The number of halogens is 1. The predicted octanol–water partition coefficient (Wildman–Crippen LogP) is 1.82. The lowest BCUT2D eigenvalue weighted by molar-refractivity contribution is -0.121. The summed E-state index contributed by atoms with van der Waals surface area (Å²) in [7, 11) is 1.77. The molecule has 1 atom stereocenters. The Labute approximate surface area is 182 Å². The molecule has 1 unspecified atom stereocenters. The lowest BCUT2D eigenvalue weighted by Gasteiger charge is -2.39. The van der Waals surface area contributed by atoms with Gasteiger partial charge in [-0.1, -0.05) is 26.7 Å². The largest absolute Gasteiger partial charge is 0.379 e. The summed E-state index contributed by atoms with van der Waals surface area (Å²) in [6.07, 6.45) is 2.78. The highest BCUT2D eigenvalue weighted by molar-refractivity contribution is 14.0. The van der Waals surface area contributed by atoms with Crippen molar-refractivity contribution in [2.45, 2.75) is 59.0 Å². The van der Waals surface area contributed by atoms with Crippen molar-refractivity contribution in [3.63, 3.8) is 0 Å². The average molecular weight is 497 g/mol. The number of aliphatic imine (C=N–C) groups is 1. The Balaban J connectivity index is 0.00000676. The van der Waals surface area contributed by atoms with Crippen LogP contribution in [0.4, 0.5) is 0 Å². The van der Waals surface area contributed by atoms with Gasteiger partial charge in [-0.15, -0.1) is 24.0 Å². The van der Waals surface area contributed by atoms with E-state index in [9.17, 15) is 4.79 Å². The van der Waals surface area contributed by atoms with E-state index in [4.69, 9.17) is 4.74 Å². The van der Waals surface area contributed by atoms with E-state index in [1.165, 1.54) is 12.8 Å². The monoisotopic (exact) mass is 497 g/mol. The summed E-state index contributed by atoms with van der Waals surface area (Å²) in [5, 5.41) is 9.60. The summed E-state index contributed by atoms with van der Waals surface area (Å²) in [6.45, 7) is 13.5. The minimum absolute atomic E-state index is 0. The van der Waals surface area contributed by atoms with Gasteiger partial charge in [0.1, 0.15) is 0 Å². The van der Waals surface area contributed by atoms with Crippen LogP contribution in [0.15, 0.2) is 4.99 Å². The molecule has 1 fully saturated rings. The molecule has 1 amide bonds. The molecule has 0 aliphatic carbocycles. The fraction of sp³-hybridized carbons (Fsp3) is 0.895. The highest BCUT2D eigenvalue weighted by Gasteiger charge is 2.26. The first-order valence-electron chi connectivity index (χ1n) is 10.1. The molecule has 0 aromatic carbocycles. The molecule has 3 N–H and O–H groups in total. The molecular formula is C19H40IN5O2. The molecule has 0 radical (unpaired) electrons. The van der Waals surface area contributed by atoms with Gasteiger partial charge in [-0.05, 0) is 19.8 Å². The average Bonchev–Trinajstić information content (AvgIpc) is 2.63. The van der Waals surface area contributed by atoms with Gasteiger partial charge in [-0.2, -0.15) is 0 Å². The number of rotatable bonds is 10. The first-order chi connectivity index (χ1) is 12.5. The van der Waals surface area contributed by atoms with E-state index < -0.39 is 0 Å². The van der Waals surface area contributed by atoms with Gasteiger partial charge in [0, 0.05) is 51.7 Å². The molecule has 27 heavy (non-hydrogen) atoms. The molecule has 8 heteroatoms. The number of morpholine rings is 1. The van der Waals surface area contributed by atoms with Crippen LogP contribution in [0, 0.1) is 5.92 Å². The van der Waals surface area contributed by atoms with E-state index in [0.717, 1.165) is 38.8 Å². The van der Waals surface area contributed by atoms with Crippen LogP contribution in [-0.2, 0) is 9.53 Å². The van der Waals surface area contributed by atoms with Crippen molar-refractivity contribution in [3.05, 3.63) is 0 Å². The Bertz CT molecular complexity index is 424. The molecule has 1 saturated heterocycles. The van der Waals surface area contributed by atoms with Crippen molar-refractivity contribution in [2.75, 3.05) is 46.4 Å². The van der Waals surface area contributed by atoms with Crippen LogP contribution in [0.3, 0.4) is 0 Å². The molecular weight excluding hydrogens is 457 g/mol. The van der Waals surface area contributed by atoms with Crippen LogP contribution >= 0.6 is 24.0 Å². The second-order valence-electron chi connectivity index (χ2n) is 7.14. The number of carbonyl (C=O) groups excluding carboxylic acids is 1. The van der Waals surface area contributed by atoms with Gasteiger partial charge in [0.15, 0.2) is 5.96 Å². The van der Waals surface area contributed by atoms with Gasteiger partial charge >= 0.3 is 0 Å². The highest BCUT2D eigenvalue weighted by atomic mass is 127. The Kier molecular flexibility index (Phi) is 15.0. The van der Waals surface area contributed by atoms with Gasteiger partial charge in [0.2, 0.25) is 5.91 Å². The van der Waals surface area contributed by atoms with Crippen molar-refractivity contribution in [3.8, 4) is 0 Å². The lowest BCUT2D eigenvalue weighted by Crippen LogP contribution is -2.53. The standard InChI is InChI=1S/C19H39N5O2.HI/c1-6-16(7-2)17(24-10-12-26-13-11-24)14-22-19(20-5)21-9-8-18(25)23-15(3)4;/h15-17H,6-14H2,1-5H3,(H,23,25)(H2,20,21,22);1H. The van der Waals surface area contributed by atoms with Gasteiger partial charge < -0.3 is 20.7 Å². The Hall–Kier alpha value is -0.610. The second kappa shape index (κ2) is 15.3. The van der Waals surface area contributed by atoms with E-state index in [0.29, 0.717) is 24.9 Å². The summed E-state index contributed by atoms with van der Waals surface area (Å²) < 4.78 is 5.51. The minimum Gasteiger partial charge on any atom is -0.379 e. The van der Waals surface area contributed by atoms with E-state index in [1.807, 2.05) is 13.8 Å². The van der Waals surface area contributed by atoms with Crippen LogP contribution in [0.1, 0.15) is 47.0 Å². The zero-order valence-electron chi connectivity index (χ0n) is 17.7. The smallest absolute Gasteiger partial charge is 0.221 e. The maximum atomic E-state index is 11.7. The van der Waals surface area contributed by atoms with Gasteiger partial charge in [-0.3, -0.25) is 14.7 Å². The molecule has 0 aromatic rings. The van der Waals surface area contributed by atoms with E-state index in [-0.39, 0.29) is 35.9 Å². The van der Waals surface area contributed by atoms with E-state index in [2.05, 4.69) is 39.7 Å². The molecule has 1 aliphatic heterocycles. The zero-order valence-corrected chi connectivity index (χ0v) is 20.0. The van der Waals surface area contributed by atoms with E-state index >= 15 is 0 Å². The third-order valence-electron chi connectivity index (χ3n) is 4.90. The summed E-state index contributed by atoms with van der Waals surface area (Å²) in [4.78, 5) is 18.6. The third kappa shape index (κ3) is 10.5. The molecule has 7 nitrogen and oxygen atoms in total. The Morgan fingerprint density at radius 2 is 1.78 bits per heavy atom. The maximum absolute atomic E-state index is 11.7. The van der Waals surface area contributed by atoms with Crippen LogP contribution in [0.25, 0.3) is 0 Å². The molecule has 160 valence electrons. The number of amides is 1. The van der Waals surface area contributed by atoms with Crippen LogP contribution in [0.5, 0.6) is 0 Å². The van der Waals surface area contributed by atoms with Crippen molar-refractivity contribution in [1.29, 1.82) is 0 Å². The van der Waals surface area contributed by atoms with Gasteiger partial charge in [0.25, 0.3) is 0 Å². The Morgan fingerprint density at radius 3 is 2.30 bits per heavy atom. The summed E-state index contributed by atoms with van der Waals surface area (Å²) in [5.74, 6) is 1.47. The predicted molar refractivity (Wildman–Crippen MR) is 123 cm³/mol. The first-order valence-corrected chi connectivity index (χ1v) is 10.1. The number of ether oxygens (including phenoxy) is 1. The van der Waals surface area contributed by atoms with Crippen LogP contribution in [0.2, 0.25) is 0 Å². The number of carbonyl (C=O) groups is 1. The quantitative estimate of drug-likeness (QED) is 0.244. The number of nitrogens with one attached hydrogen (secondary N) is 3. The third-order valence-corrected chi connectivity index (χ3v) is 4.90. The SMILES string of the molecule is CCC(CC)C(CNC(=NC)NCCC(=O)NC(C)C)N1CCOCC1.I. The van der Waals surface area contributed by atoms with Gasteiger partial charge in [-0.25, -0.2) is 0 Å². The fourth-order valence-corrected chi connectivity index (χ4v) is 3.45. The van der Waals surface area contributed by atoms with Crippen molar-refractivity contribution < 1.29 is 9.53 Å². The molecule has 1 aliphatic rings. The Morgan fingerprint density at radius 1 is 1.15 bits per heavy atom. The van der Waals surface area contributed by atoms with Crippen molar-refractivity contribution in [1.82, 2.24) is 20.9 Å². The second-order valence-corrected chi connectivity index (χ2v) is 7.14. The first kappa shape index (κ1) is 26.4. The molecule has 1 rings (SSSR count). The topological polar surface area (TPSA) is 78.0 Å². The molecule has 0 bridgehead atoms. The van der Waals surface area contributed by atoms with Gasteiger partial charge in [0.05, 0.1) is 13.2 Å². The lowest BCUT2D eigenvalue weighted by atomic mass is 9.92. The van der Waals surface area contributed by atoms with Crippen molar-refractivity contribution in [2.24, 2.45) is 10.9 Å². The normalized spacial score (nSPS) is 16.8. The number of nitrogens with zero attached hydrogens (tertiary/aromatic N) is 2. The zero-order chi connectivity index (χ0) is 19.4. The van der Waals surface area contributed by atoms with E-state index in [1.54, 1.807) is 7.05 Å². The number of hydrogen-bond donors (Lipinski definition) is 3. The molecule has 0 aromatic heterocycles. The van der Waals surface area contributed by atoms with Crippen molar-refractivity contribution >= 4 is 35.8 Å².